The number of carbonyl (C=O) groups is 1. The van der Waals surface area contributed by atoms with Gasteiger partial charge in [0, 0.05) is 29.6 Å². The molecule has 136 valence electrons. The van der Waals surface area contributed by atoms with Gasteiger partial charge in [0.2, 0.25) is 0 Å². The molecule has 1 N–H and O–H groups in total. The maximum absolute atomic E-state index is 12.5. The maximum Gasteiger partial charge on any atom is 0.251 e. The predicted octanol–water partition coefficient (Wildman–Crippen LogP) is 4.22. The SMILES string of the molecule is C[C@H](NC(=O)c1ccc(OCc2cccnc2)cc1)[C@@H]1C[C@H]2CC[C@H]1C2. The molecule has 0 spiro atoms. The van der Waals surface area contributed by atoms with Gasteiger partial charge in [-0.2, -0.15) is 0 Å². The molecule has 2 aliphatic carbocycles. The molecule has 4 atom stereocenters. The standard InChI is InChI=1S/C22H26N2O2/c1-15(21-12-16-4-5-19(21)11-16)24-22(25)18-6-8-20(9-7-18)26-14-17-3-2-10-23-13-17/h2-3,6-10,13,15-16,19,21H,4-5,11-12,14H2,1H3,(H,24,25)/t15-,16-,19-,21-/m0/s1. The molecule has 1 amide bonds. The van der Waals surface area contributed by atoms with Gasteiger partial charge in [0.25, 0.3) is 5.91 Å². The van der Waals surface area contributed by atoms with E-state index in [1.807, 2.05) is 36.4 Å². The number of nitrogens with one attached hydrogen (secondary N) is 1. The van der Waals surface area contributed by atoms with Crippen molar-refractivity contribution in [2.75, 3.05) is 0 Å². The Morgan fingerprint density at radius 2 is 2.08 bits per heavy atom. The topological polar surface area (TPSA) is 51.2 Å². The lowest BCUT2D eigenvalue weighted by Crippen LogP contribution is -2.40. The third kappa shape index (κ3) is 3.74. The highest BCUT2D eigenvalue weighted by Crippen LogP contribution is 2.49. The Kier molecular flexibility index (Phi) is 4.91. The molecule has 0 saturated heterocycles. The molecule has 0 radical (unpaired) electrons. The third-order valence-electron chi connectivity index (χ3n) is 6.04. The number of pyridine rings is 1. The number of ether oxygens (including phenoxy) is 1. The zero-order valence-electron chi connectivity index (χ0n) is 15.2. The summed E-state index contributed by atoms with van der Waals surface area (Å²) in [6.07, 6.45) is 8.93. The molecule has 2 fully saturated rings. The zero-order chi connectivity index (χ0) is 17.9. The lowest BCUT2D eigenvalue weighted by molar-refractivity contribution is 0.0915. The predicted molar refractivity (Wildman–Crippen MR) is 101 cm³/mol. The van der Waals surface area contributed by atoms with Crippen molar-refractivity contribution in [2.45, 2.75) is 45.3 Å². The van der Waals surface area contributed by atoms with E-state index < -0.39 is 0 Å². The summed E-state index contributed by atoms with van der Waals surface area (Å²) >= 11 is 0. The van der Waals surface area contributed by atoms with E-state index >= 15 is 0 Å². The summed E-state index contributed by atoms with van der Waals surface area (Å²) in [5.74, 6) is 3.14. The number of aromatic nitrogens is 1. The molecule has 2 aliphatic rings. The van der Waals surface area contributed by atoms with Crippen molar-refractivity contribution < 1.29 is 9.53 Å². The first kappa shape index (κ1) is 17.1. The number of nitrogens with zero attached hydrogens (tertiary/aromatic N) is 1. The summed E-state index contributed by atoms with van der Waals surface area (Å²) < 4.78 is 5.75. The first-order valence-electron chi connectivity index (χ1n) is 9.61. The van der Waals surface area contributed by atoms with Crippen LogP contribution in [0, 0.1) is 17.8 Å². The van der Waals surface area contributed by atoms with Gasteiger partial charge < -0.3 is 10.1 Å². The Hall–Kier alpha value is -2.36. The van der Waals surface area contributed by atoms with Crippen LogP contribution in [0.3, 0.4) is 0 Å². The first-order valence-corrected chi connectivity index (χ1v) is 9.61. The summed E-state index contributed by atoms with van der Waals surface area (Å²) in [7, 11) is 0. The highest BCUT2D eigenvalue weighted by atomic mass is 16.5. The minimum Gasteiger partial charge on any atom is -0.489 e. The Morgan fingerprint density at radius 3 is 2.73 bits per heavy atom. The number of fused-ring (bicyclic) bond motifs is 2. The van der Waals surface area contributed by atoms with Crippen molar-refractivity contribution in [3.05, 3.63) is 59.9 Å². The fourth-order valence-electron chi connectivity index (χ4n) is 4.66. The molecule has 2 aromatic rings. The fourth-order valence-corrected chi connectivity index (χ4v) is 4.66. The normalized spacial score (nSPS) is 25.0. The van der Waals surface area contributed by atoms with Crippen LogP contribution in [0.1, 0.15) is 48.5 Å². The van der Waals surface area contributed by atoms with Gasteiger partial charge in [-0.25, -0.2) is 0 Å². The molecular formula is C22H26N2O2. The summed E-state index contributed by atoms with van der Waals surface area (Å²) in [5, 5.41) is 3.21. The average Bonchev–Trinajstić information content (AvgIpc) is 3.31. The maximum atomic E-state index is 12.5. The molecule has 2 bridgehead atoms. The van der Waals surface area contributed by atoms with Crippen LogP contribution in [0.4, 0.5) is 0 Å². The van der Waals surface area contributed by atoms with Gasteiger partial charge in [-0.1, -0.05) is 12.5 Å². The summed E-state index contributed by atoms with van der Waals surface area (Å²) in [6, 6.07) is 11.5. The smallest absolute Gasteiger partial charge is 0.251 e. The molecule has 4 rings (SSSR count). The number of carbonyl (C=O) groups excluding carboxylic acids is 1. The highest BCUT2D eigenvalue weighted by molar-refractivity contribution is 5.94. The van der Waals surface area contributed by atoms with Gasteiger partial charge in [0.15, 0.2) is 0 Å². The van der Waals surface area contributed by atoms with Crippen LogP contribution >= 0.6 is 0 Å². The minimum absolute atomic E-state index is 0.0130. The second-order valence-corrected chi connectivity index (χ2v) is 7.78. The van der Waals surface area contributed by atoms with E-state index in [1.54, 1.807) is 12.4 Å². The lowest BCUT2D eigenvalue weighted by atomic mass is 9.84. The highest BCUT2D eigenvalue weighted by Gasteiger charge is 2.42. The van der Waals surface area contributed by atoms with E-state index in [1.165, 1.54) is 25.7 Å². The monoisotopic (exact) mass is 350 g/mol. The van der Waals surface area contributed by atoms with E-state index in [2.05, 4.69) is 17.2 Å². The fraction of sp³-hybridized carbons (Fsp3) is 0.455. The first-order chi connectivity index (χ1) is 12.7. The molecule has 4 heteroatoms. The molecule has 1 aromatic carbocycles. The molecule has 2 saturated carbocycles. The Labute approximate surface area is 155 Å². The van der Waals surface area contributed by atoms with Crippen LogP contribution in [-0.2, 0) is 6.61 Å². The van der Waals surface area contributed by atoms with Crippen LogP contribution < -0.4 is 10.1 Å². The minimum atomic E-state index is 0.0130. The Bertz CT molecular complexity index is 744. The summed E-state index contributed by atoms with van der Waals surface area (Å²) in [4.78, 5) is 16.6. The molecule has 1 heterocycles. The number of benzene rings is 1. The van der Waals surface area contributed by atoms with Crippen LogP contribution in [0.25, 0.3) is 0 Å². The average molecular weight is 350 g/mol. The molecule has 1 aromatic heterocycles. The van der Waals surface area contributed by atoms with E-state index in [9.17, 15) is 4.79 Å². The molecule has 0 aliphatic heterocycles. The van der Waals surface area contributed by atoms with Gasteiger partial charge in [-0.05, 0) is 74.3 Å². The van der Waals surface area contributed by atoms with Crippen molar-refractivity contribution in [1.29, 1.82) is 0 Å². The lowest BCUT2D eigenvalue weighted by Gasteiger charge is -2.28. The van der Waals surface area contributed by atoms with Crippen LogP contribution in [0.15, 0.2) is 48.8 Å². The van der Waals surface area contributed by atoms with Crippen molar-refractivity contribution in [3.63, 3.8) is 0 Å². The van der Waals surface area contributed by atoms with Crippen LogP contribution in [0.5, 0.6) is 5.75 Å². The second-order valence-electron chi connectivity index (χ2n) is 7.78. The van der Waals surface area contributed by atoms with Crippen molar-refractivity contribution in [2.24, 2.45) is 17.8 Å². The van der Waals surface area contributed by atoms with Gasteiger partial charge in [-0.3, -0.25) is 9.78 Å². The Balaban J connectivity index is 1.30. The van der Waals surface area contributed by atoms with E-state index in [-0.39, 0.29) is 11.9 Å². The van der Waals surface area contributed by atoms with Gasteiger partial charge in [0.1, 0.15) is 12.4 Å². The Morgan fingerprint density at radius 1 is 1.23 bits per heavy atom. The summed E-state index contributed by atoms with van der Waals surface area (Å²) in [5.41, 5.74) is 1.71. The van der Waals surface area contributed by atoms with Gasteiger partial charge in [0.05, 0.1) is 0 Å². The van der Waals surface area contributed by atoms with Crippen LogP contribution in [-0.4, -0.2) is 16.9 Å². The van der Waals surface area contributed by atoms with E-state index in [4.69, 9.17) is 4.74 Å². The van der Waals surface area contributed by atoms with Crippen molar-refractivity contribution in [3.8, 4) is 5.75 Å². The third-order valence-corrected chi connectivity index (χ3v) is 6.04. The number of amides is 1. The molecule has 4 nitrogen and oxygen atoms in total. The van der Waals surface area contributed by atoms with E-state index in [0.717, 1.165) is 23.1 Å². The quantitative estimate of drug-likeness (QED) is 0.849. The second kappa shape index (κ2) is 7.48. The molecule has 0 unspecified atom stereocenters. The summed E-state index contributed by atoms with van der Waals surface area (Å²) in [6.45, 7) is 2.63. The van der Waals surface area contributed by atoms with Crippen molar-refractivity contribution >= 4 is 5.91 Å². The van der Waals surface area contributed by atoms with Crippen molar-refractivity contribution in [1.82, 2.24) is 10.3 Å². The number of rotatable bonds is 6. The van der Waals surface area contributed by atoms with Gasteiger partial charge in [-0.15, -0.1) is 0 Å². The van der Waals surface area contributed by atoms with Gasteiger partial charge >= 0.3 is 0 Å². The number of hydrogen-bond acceptors (Lipinski definition) is 3. The van der Waals surface area contributed by atoms with E-state index in [0.29, 0.717) is 18.1 Å². The van der Waals surface area contributed by atoms with Crippen LogP contribution in [0.2, 0.25) is 0 Å². The molecular weight excluding hydrogens is 324 g/mol. The molecule has 26 heavy (non-hydrogen) atoms. The largest absolute Gasteiger partial charge is 0.489 e. The zero-order valence-corrected chi connectivity index (χ0v) is 15.2. The number of hydrogen-bond donors (Lipinski definition) is 1.